The van der Waals surface area contributed by atoms with Crippen LogP contribution in [0.1, 0.15) is 45.2 Å². The fourth-order valence-corrected chi connectivity index (χ4v) is 4.07. The molecule has 1 aliphatic rings. The highest BCUT2D eigenvalue weighted by Gasteiger charge is 2.65. The first-order chi connectivity index (χ1) is 14.7. The molecule has 9 heteroatoms. The molecule has 2 rings (SSSR count). The highest BCUT2D eigenvalue weighted by atomic mass is 35.5. The Kier molecular flexibility index (Phi) is 8.06. The molecule has 0 N–H and O–H groups in total. The minimum absolute atomic E-state index is 0.000718. The lowest BCUT2D eigenvalue weighted by molar-refractivity contribution is -0.179. The summed E-state index contributed by atoms with van der Waals surface area (Å²) in [7, 11) is 0. The van der Waals surface area contributed by atoms with Gasteiger partial charge in [0.05, 0.1) is 26.4 Å². The Labute approximate surface area is 186 Å². The molecule has 0 aromatic heterocycles. The summed E-state index contributed by atoms with van der Waals surface area (Å²) in [5, 5.41) is 0.275. The van der Waals surface area contributed by atoms with Crippen LogP contribution in [0.4, 0.5) is 0 Å². The van der Waals surface area contributed by atoms with Crippen LogP contribution in [0.25, 0.3) is 0 Å². The average molecular weight is 455 g/mol. The molecule has 170 valence electrons. The van der Waals surface area contributed by atoms with Crippen LogP contribution in [0.3, 0.4) is 0 Å². The lowest BCUT2D eigenvalue weighted by Crippen LogP contribution is -2.58. The molecule has 0 saturated heterocycles. The average Bonchev–Trinajstić information content (AvgIpc) is 2.73. The van der Waals surface area contributed by atoms with E-state index >= 15 is 0 Å². The lowest BCUT2D eigenvalue weighted by Gasteiger charge is -2.42. The lowest BCUT2D eigenvalue weighted by atomic mass is 9.59. The largest absolute Gasteiger partial charge is 0.465 e. The molecule has 0 fully saturated rings. The predicted molar refractivity (Wildman–Crippen MR) is 110 cm³/mol. The second-order valence-electron chi connectivity index (χ2n) is 7.02. The Balaban J connectivity index is 2.87. The number of rotatable bonds is 8. The summed E-state index contributed by atoms with van der Waals surface area (Å²) < 4.78 is 20.9. The molecule has 0 bridgehead atoms. The van der Waals surface area contributed by atoms with Crippen molar-refractivity contribution in [1.82, 2.24) is 0 Å². The molecule has 0 heterocycles. The highest BCUT2D eigenvalue weighted by Crippen LogP contribution is 2.50. The molecule has 0 unspecified atom stereocenters. The molecule has 0 saturated carbocycles. The summed E-state index contributed by atoms with van der Waals surface area (Å²) in [6.07, 6.45) is -0.680. The number of halogens is 1. The van der Waals surface area contributed by atoms with E-state index in [0.717, 1.165) is 0 Å². The zero-order chi connectivity index (χ0) is 23.2. The SMILES string of the molecule is CCOC(=O)C1(C(=O)OCC)Cc2ccc(Cl)cc2C(C(=O)OCC)(C(=O)OCC)C1. The van der Waals surface area contributed by atoms with Gasteiger partial charge in [-0.1, -0.05) is 17.7 Å². The molecule has 0 atom stereocenters. The number of hydrogen-bond donors (Lipinski definition) is 0. The van der Waals surface area contributed by atoms with Gasteiger partial charge in [-0.25, -0.2) is 0 Å². The molecule has 0 aliphatic heterocycles. The Morgan fingerprint density at radius 1 is 0.806 bits per heavy atom. The maximum Gasteiger partial charge on any atom is 0.328 e. The molecule has 0 amide bonds. The fraction of sp³-hybridized carbons (Fsp3) is 0.545. The van der Waals surface area contributed by atoms with E-state index in [0.29, 0.717) is 5.56 Å². The predicted octanol–water partition coefficient (Wildman–Crippen LogP) is 2.76. The minimum atomic E-state index is -2.09. The van der Waals surface area contributed by atoms with Crippen molar-refractivity contribution < 1.29 is 38.1 Å². The number of benzene rings is 1. The molecule has 1 aliphatic carbocycles. The van der Waals surface area contributed by atoms with Crippen molar-refractivity contribution in [3.63, 3.8) is 0 Å². The topological polar surface area (TPSA) is 105 Å². The van der Waals surface area contributed by atoms with E-state index in [-0.39, 0.29) is 43.4 Å². The van der Waals surface area contributed by atoms with Crippen molar-refractivity contribution in [2.45, 2.75) is 46.0 Å². The quantitative estimate of drug-likeness (QED) is 0.335. The van der Waals surface area contributed by atoms with Crippen LogP contribution >= 0.6 is 11.6 Å². The number of carbonyl (C=O) groups excluding carboxylic acids is 4. The third kappa shape index (κ3) is 4.39. The first-order valence-corrected chi connectivity index (χ1v) is 10.6. The molecular weight excluding hydrogens is 428 g/mol. The van der Waals surface area contributed by atoms with Crippen molar-refractivity contribution in [3.05, 3.63) is 34.3 Å². The molecule has 8 nitrogen and oxygen atoms in total. The van der Waals surface area contributed by atoms with Crippen molar-refractivity contribution >= 4 is 35.5 Å². The van der Waals surface area contributed by atoms with Crippen LogP contribution in [-0.2, 0) is 50.0 Å². The van der Waals surface area contributed by atoms with E-state index in [1.54, 1.807) is 39.8 Å². The van der Waals surface area contributed by atoms with E-state index in [2.05, 4.69) is 0 Å². The van der Waals surface area contributed by atoms with Crippen LogP contribution in [0, 0.1) is 5.41 Å². The zero-order valence-electron chi connectivity index (χ0n) is 18.1. The smallest absolute Gasteiger partial charge is 0.328 e. The number of esters is 4. The maximum atomic E-state index is 13.3. The van der Waals surface area contributed by atoms with Gasteiger partial charge in [0.1, 0.15) is 0 Å². The monoisotopic (exact) mass is 454 g/mol. The Hall–Kier alpha value is -2.61. The van der Waals surface area contributed by atoms with Gasteiger partial charge in [-0.15, -0.1) is 0 Å². The standard InChI is InChI=1S/C22H27ClO8/c1-5-28-17(24)21(18(25)29-6-2)12-14-9-10-15(23)11-16(14)22(13-21,19(26)30-7-3)20(27)31-8-4/h9-11H,5-8,12-13H2,1-4H3. The Morgan fingerprint density at radius 3 is 1.71 bits per heavy atom. The van der Waals surface area contributed by atoms with Crippen molar-refractivity contribution in [2.24, 2.45) is 5.41 Å². The van der Waals surface area contributed by atoms with Gasteiger partial charge in [0, 0.05) is 11.4 Å². The number of ether oxygens (including phenoxy) is 4. The second-order valence-corrected chi connectivity index (χ2v) is 7.46. The first-order valence-electron chi connectivity index (χ1n) is 10.2. The van der Waals surface area contributed by atoms with Crippen LogP contribution in [0.2, 0.25) is 5.02 Å². The van der Waals surface area contributed by atoms with Crippen LogP contribution in [0.15, 0.2) is 18.2 Å². The van der Waals surface area contributed by atoms with E-state index in [9.17, 15) is 19.2 Å². The van der Waals surface area contributed by atoms with Gasteiger partial charge < -0.3 is 18.9 Å². The molecule has 1 aromatic rings. The van der Waals surface area contributed by atoms with E-state index in [1.807, 2.05) is 0 Å². The second kappa shape index (κ2) is 10.1. The van der Waals surface area contributed by atoms with Gasteiger partial charge in [0.2, 0.25) is 0 Å². The van der Waals surface area contributed by atoms with Crippen LogP contribution < -0.4 is 0 Å². The summed E-state index contributed by atoms with van der Waals surface area (Å²) in [6, 6.07) is 4.58. The third-order valence-electron chi connectivity index (χ3n) is 5.17. The summed E-state index contributed by atoms with van der Waals surface area (Å²) in [5.74, 6) is -3.64. The summed E-state index contributed by atoms with van der Waals surface area (Å²) in [6.45, 7) is 6.31. The van der Waals surface area contributed by atoms with E-state index in [1.165, 1.54) is 6.07 Å². The normalized spacial score (nSPS) is 15.9. The Morgan fingerprint density at radius 2 is 1.26 bits per heavy atom. The summed E-state index contributed by atoms with van der Waals surface area (Å²) in [5.41, 5.74) is -3.39. The van der Waals surface area contributed by atoms with Crippen molar-refractivity contribution in [3.8, 4) is 0 Å². The van der Waals surface area contributed by atoms with Crippen molar-refractivity contribution in [1.29, 1.82) is 0 Å². The first kappa shape index (κ1) is 24.7. The molecule has 31 heavy (non-hydrogen) atoms. The summed E-state index contributed by atoms with van der Waals surface area (Å²) >= 11 is 6.18. The van der Waals surface area contributed by atoms with Crippen LogP contribution in [-0.4, -0.2) is 50.3 Å². The summed E-state index contributed by atoms with van der Waals surface area (Å²) in [4.78, 5) is 52.8. The van der Waals surface area contributed by atoms with E-state index < -0.39 is 41.1 Å². The third-order valence-corrected chi connectivity index (χ3v) is 5.41. The van der Waals surface area contributed by atoms with Gasteiger partial charge in [-0.05, 0) is 57.4 Å². The fourth-order valence-electron chi connectivity index (χ4n) is 3.90. The molecule has 0 spiro atoms. The number of hydrogen-bond acceptors (Lipinski definition) is 8. The number of fused-ring (bicyclic) bond motifs is 1. The molecular formula is C22H27ClO8. The molecule has 1 aromatic carbocycles. The van der Waals surface area contributed by atoms with Gasteiger partial charge in [0.15, 0.2) is 10.8 Å². The van der Waals surface area contributed by atoms with Gasteiger partial charge >= 0.3 is 23.9 Å². The van der Waals surface area contributed by atoms with Gasteiger partial charge in [-0.3, -0.25) is 19.2 Å². The number of carbonyl (C=O) groups is 4. The van der Waals surface area contributed by atoms with E-state index in [4.69, 9.17) is 30.5 Å². The Bertz CT molecular complexity index is 827. The zero-order valence-corrected chi connectivity index (χ0v) is 18.9. The maximum absolute atomic E-state index is 13.3. The molecule has 0 radical (unpaired) electrons. The van der Waals surface area contributed by atoms with Gasteiger partial charge in [-0.2, -0.15) is 0 Å². The highest BCUT2D eigenvalue weighted by molar-refractivity contribution is 6.30. The van der Waals surface area contributed by atoms with Crippen molar-refractivity contribution in [2.75, 3.05) is 26.4 Å². The van der Waals surface area contributed by atoms with Crippen LogP contribution in [0.5, 0.6) is 0 Å². The minimum Gasteiger partial charge on any atom is -0.465 e. The van der Waals surface area contributed by atoms with Gasteiger partial charge in [0.25, 0.3) is 0 Å².